The van der Waals surface area contributed by atoms with Gasteiger partial charge in [-0.25, -0.2) is 9.97 Å². The van der Waals surface area contributed by atoms with E-state index in [1.54, 1.807) is 0 Å². The van der Waals surface area contributed by atoms with Crippen LogP contribution in [0.5, 0.6) is 0 Å². The zero-order valence-corrected chi connectivity index (χ0v) is 11.7. The van der Waals surface area contributed by atoms with Gasteiger partial charge in [0.15, 0.2) is 5.82 Å². The topological polar surface area (TPSA) is 37.8 Å². The van der Waals surface area contributed by atoms with Crippen LogP contribution in [-0.4, -0.2) is 17.0 Å². The van der Waals surface area contributed by atoms with Crippen LogP contribution < -0.4 is 5.32 Å². The van der Waals surface area contributed by atoms with Gasteiger partial charge in [-0.2, -0.15) is 0 Å². The molecule has 0 unspecified atom stereocenters. The first-order chi connectivity index (χ1) is 9.81. The highest BCUT2D eigenvalue weighted by Crippen LogP contribution is 2.24. The van der Waals surface area contributed by atoms with Crippen LogP contribution in [0.15, 0.2) is 48.5 Å². The summed E-state index contributed by atoms with van der Waals surface area (Å²) in [5, 5.41) is 4.20. The van der Waals surface area contributed by atoms with Crippen molar-refractivity contribution in [2.45, 2.75) is 13.3 Å². The molecule has 0 bridgehead atoms. The molecular formula is C17H17N3. The molecule has 2 aromatic carbocycles. The van der Waals surface area contributed by atoms with E-state index in [1.165, 1.54) is 5.56 Å². The first kappa shape index (κ1) is 12.6. The van der Waals surface area contributed by atoms with Gasteiger partial charge >= 0.3 is 0 Å². The Balaban J connectivity index is 2.15. The van der Waals surface area contributed by atoms with Gasteiger partial charge in [-0.15, -0.1) is 0 Å². The highest BCUT2D eigenvalue weighted by Gasteiger charge is 2.07. The lowest BCUT2D eigenvalue weighted by Gasteiger charge is -2.08. The maximum atomic E-state index is 4.66. The number of nitrogens with zero attached hydrogens (tertiary/aromatic N) is 2. The number of fused-ring (bicyclic) bond motifs is 1. The summed E-state index contributed by atoms with van der Waals surface area (Å²) < 4.78 is 0. The molecule has 3 aromatic rings. The molecule has 20 heavy (non-hydrogen) atoms. The van der Waals surface area contributed by atoms with Gasteiger partial charge in [0, 0.05) is 18.0 Å². The Morgan fingerprint density at radius 3 is 2.40 bits per heavy atom. The van der Waals surface area contributed by atoms with Gasteiger partial charge in [0.2, 0.25) is 0 Å². The normalized spacial score (nSPS) is 10.7. The molecule has 0 aliphatic heterocycles. The fourth-order valence-electron chi connectivity index (χ4n) is 2.29. The minimum absolute atomic E-state index is 0.760. The molecular weight excluding hydrogens is 246 g/mol. The van der Waals surface area contributed by atoms with Crippen LogP contribution in [0.25, 0.3) is 22.3 Å². The predicted octanol–water partition coefficient (Wildman–Crippen LogP) is 3.90. The van der Waals surface area contributed by atoms with E-state index in [1.807, 2.05) is 31.3 Å². The number of aryl methyl sites for hydroxylation is 1. The van der Waals surface area contributed by atoms with Gasteiger partial charge in [-0.05, 0) is 24.1 Å². The first-order valence-corrected chi connectivity index (χ1v) is 6.85. The Morgan fingerprint density at radius 2 is 1.70 bits per heavy atom. The third-order valence-corrected chi connectivity index (χ3v) is 3.46. The van der Waals surface area contributed by atoms with Crippen molar-refractivity contribution in [2.24, 2.45) is 0 Å². The summed E-state index contributed by atoms with van der Waals surface area (Å²) >= 11 is 0. The van der Waals surface area contributed by atoms with Crippen molar-refractivity contribution >= 4 is 16.7 Å². The number of hydrogen-bond donors (Lipinski definition) is 1. The number of anilines is 1. The lowest BCUT2D eigenvalue weighted by Crippen LogP contribution is -1.98. The van der Waals surface area contributed by atoms with Crippen molar-refractivity contribution in [3.05, 3.63) is 54.1 Å². The highest BCUT2D eigenvalue weighted by atomic mass is 15.0. The molecule has 0 aliphatic rings. The molecule has 0 saturated heterocycles. The van der Waals surface area contributed by atoms with Crippen molar-refractivity contribution in [3.8, 4) is 11.4 Å². The number of para-hydroxylation sites is 1. The predicted molar refractivity (Wildman–Crippen MR) is 83.9 cm³/mol. The van der Waals surface area contributed by atoms with E-state index in [0.717, 1.165) is 34.5 Å². The molecule has 1 N–H and O–H groups in total. The molecule has 1 aromatic heterocycles. The zero-order chi connectivity index (χ0) is 13.9. The van der Waals surface area contributed by atoms with Gasteiger partial charge in [0.25, 0.3) is 0 Å². The Bertz CT molecular complexity index is 733. The van der Waals surface area contributed by atoms with Crippen molar-refractivity contribution < 1.29 is 0 Å². The molecule has 3 rings (SSSR count). The quantitative estimate of drug-likeness (QED) is 0.778. The second kappa shape index (κ2) is 5.29. The molecule has 1 heterocycles. The van der Waals surface area contributed by atoms with E-state index in [4.69, 9.17) is 0 Å². The third kappa shape index (κ3) is 2.23. The Labute approximate surface area is 118 Å². The van der Waals surface area contributed by atoms with E-state index in [2.05, 4.69) is 46.5 Å². The molecule has 3 nitrogen and oxygen atoms in total. The van der Waals surface area contributed by atoms with Gasteiger partial charge in [0.1, 0.15) is 5.82 Å². The van der Waals surface area contributed by atoms with Crippen LogP contribution >= 0.6 is 0 Å². The number of hydrogen-bond acceptors (Lipinski definition) is 3. The van der Waals surface area contributed by atoms with E-state index < -0.39 is 0 Å². The molecule has 3 heteroatoms. The summed E-state index contributed by atoms with van der Waals surface area (Å²) in [6, 6.07) is 16.5. The molecule has 100 valence electrons. The van der Waals surface area contributed by atoms with Gasteiger partial charge in [-0.3, -0.25) is 0 Å². The van der Waals surface area contributed by atoms with Crippen molar-refractivity contribution in [2.75, 3.05) is 12.4 Å². The largest absolute Gasteiger partial charge is 0.373 e. The van der Waals surface area contributed by atoms with E-state index in [0.29, 0.717) is 0 Å². The molecule has 0 amide bonds. The van der Waals surface area contributed by atoms with Crippen molar-refractivity contribution in [1.29, 1.82) is 0 Å². The van der Waals surface area contributed by atoms with Gasteiger partial charge in [-0.1, -0.05) is 43.3 Å². The fourth-order valence-corrected chi connectivity index (χ4v) is 2.29. The number of rotatable bonds is 3. The second-order valence-corrected chi connectivity index (χ2v) is 4.71. The van der Waals surface area contributed by atoms with E-state index in [-0.39, 0.29) is 0 Å². The average molecular weight is 263 g/mol. The van der Waals surface area contributed by atoms with Crippen LogP contribution in [0, 0.1) is 0 Å². The smallest absolute Gasteiger partial charge is 0.162 e. The van der Waals surface area contributed by atoms with Gasteiger partial charge < -0.3 is 5.32 Å². The van der Waals surface area contributed by atoms with Gasteiger partial charge in [0.05, 0.1) is 5.52 Å². The summed E-state index contributed by atoms with van der Waals surface area (Å²) in [4.78, 5) is 9.28. The monoisotopic (exact) mass is 263 g/mol. The fraction of sp³-hybridized carbons (Fsp3) is 0.176. The Morgan fingerprint density at radius 1 is 0.950 bits per heavy atom. The molecule has 0 saturated carbocycles. The third-order valence-electron chi connectivity index (χ3n) is 3.46. The van der Waals surface area contributed by atoms with Crippen molar-refractivity contribution in [3.63, 3.8) is 0 Å². The molecule has 0 aliphatic carbocycles. The minimum atomic E-state index is 0.760. The SMILES string of the molecule is CCc1ccc(-c2nc(NC)c3ccccc3n2)cc1. The molecule has 0 fully saturated rings. The van der Waals surface area contributed by atoms with Crippen LogP contribution in [0.3, 0.4) is 0 Å². The summed E-state index contributed by atoms with van der Waals surface area (Å²) in [7, 11) is 1.89. The highest BCUT2D eigenvalue weighted by molar-refractivity contribution is 5.90. The molecule has 0 radical (unpaired) electrons. The van der Waals surface area contributed by atoms with Crippen LogP contribution in [0.2, 0.25) is 0 Å². The van der Waals surface area contributed by atoms with Crippen LogP contribution in [0.1, 0.15) is 12.5 Å². The van der Waals surface area contributed by atoms with E-state index >= 15 is 0 Å². The summed E-state index contributed by atoms with van der Waals surface area (Å²) in [6.45, 7) is 2.15. The lowest BCUT2D eigenvalue weighted by atomic mass is 10.1. The van der Waals surface area contributed by atoms with Crippen LogP contribution in [0.4, 0.5) is 5.82 Å². The Hall–Kier alpha value is -2.42. The minimum Gasteiger partial charge on any atom is -0.373 e. The van der Waals surface area contributed by atoms with E-state index in [9.17, 15) is 0 Å². The number of aromatic nitrogens is 2. The Kier molecular flexibility index (Phi) is 3.33. The maximum absolute atomic E-state index is 4.66. The van der Waals surface area contributed by atoms with Crippen LogP contribution in [-0.2, 0) is 6.42 Å². The maximum Gasteiger partial charge on any atom is 0.162 e. The first-order valence-electron chi connectivity index (χ1n) is 6.85. The summed E-state index contributed by atoms with van der Waals surface area (Å²) in [5.74, 6) is 1.63. The summed E-state index contributed by atoms with van der Waals surface area (Å²) in [5.41, 5.74) is 3.33. The lowest BCUT2D eigenvalue weighted by molar-refractivity contribution is 1.14. The molecule has 0 spiro atoms. The molecule has 0 atom stereocenters. The second-order valence-electron chi connectivity index (χ2n) is 4.71. The zero-order valence-electron chi connectivity index (χ0n) is 11.7. The summed E-state index contributed by atoms with van der Waals surface area (Å²) in [6.07, 6.45) is 1.04. The average Bonchev–Trinajstić information content (AvgIpc) is 2.54. The van der Waals surface area contributed by atoms with Crippen molar-refractivity contribution in [1.82, 2.24) is 9.97 Å². The number of benzene rings is 2. The number of nitrogens with one attached hydrogen (secondary N) is 1. The standard InChI is InChI=1S/C17H17N3/c1-3-12-8-10-13(11-9-12)16-19-15-7-5-4-6-14(15)17(18-2)20-16/h4-11H,3H2,1-2H3,(H,18,19,20).